The van der Waals surface area contributed by atoms with Gasteiger partial charge in [0.1, 0.15) is 5.52 Å². The topological polar surface area (TPSA) is 92.7 Å². The van der Waals surface area contributed by atoms with E-state index in [-0.39, 0.29) is 11.5 Å². The predicted molar refractivity (Wildman–Crippen MR) is 108 cm³/mol. The normalized spacial score (nSPS) is 11.1. The molecule has 2 aromatic heterocycles. The van der Waals surface area contributed by atoms with Crippen molar-refractivity contribution >= 4 is 27.7 Å². The van der Waals surface area contributed by atoms with Gasteiger partial charge in [-0.3, -0.25) is 9.59 Å². The van der Waals surface area contributed by atoms with Crippen LogP contribution in [0.25, 0.3) is 21.8 Å². The number of hydrogen-bond donors (Lipinski definition) is 2. The van der Waals surface area contributed by atoms with E-state index in [0.29, 0.717) is 36.8 Å². The molecule has 0 aliphatic heterocycles. The summed E-state index contributed by atoms with van der Waals surface area (Å²) in [6, 6.07) is 15.2. The van der Waals surface area contributed by atoms with E-state index in [1.165, 1.54) is 15.6 Å². The zero-order valence-electron chi connectivity index (χ0n) is 15.4. The largest absolute Gasteiger partial charge is 0.361 e. The van der Waals surface area contributed by atoms with Gasteiger partial charge < -0.3 is 10.3 Å². The van der Waals surface area contributed by atoms with Crippen LogP contribution in [-0.4, -0.2) is 32.4 Å². The number of hydrogen-bond acceptors (Lipinski definition) is 4. The number of benzene rings is 2. The number of nitrogens with zero attached hydrogens (tertiary/aromatic N) is 3. The SMILES string of the molecule is O=C(CCCn1nnc2ccccc2c1=O)NCCc1c[nH]c2ccccc12. The molecule has 0 bridgehead atoms. The van der Waals surface area contributed by atoms with Crippen molar-refractivity contribution in [2.75, 3.05) is 6.54 Å². The van der Waals surface area contributed by atoms with Crippen LogP contribution in [0.15, 0.2) is 59.5 Å². The third-order valence-corrected chi connectivity index (χ3v) is 4.79. The van der Waals surface area contributed by atoms with Gasteiger partial charge >= 0.3 is 0 Å². The van der Waals surface area contributed by atoms with E-state index in [1.54, 1.807) is 18.2 Å². The third-order valence-electron chi connectivity index (χ3n) is 4.79. The molecule has 0 fully saturated rings. The summed E-state index contributed by atoms with van der Waals surface area (Å²) in [7, 11) is 0. The minimum atomic E-state index is -0.176. The first kappa shape index (κ1) is 17.9. The van der Waals surface area contributed by atoms with E-state index in [0.717, 1.165) is 11.9 Å². The monoisotopic (exact) mass is 375 g/mol. The molecule has 4 aromatic rings. The highest BCUT2D eigenvalue weighted by Gasteiger charge is 2.07. The molecule has 0 saturated heterocycles. The number of para-hydroxylation sites is 1. The van der Waals surface area contributed by atoms with E-state index < -0.39 is 0 Å². The maximum absolute atomic E-state index is 12.4. The van der Waals surface area contributed by atoms with Crippen LogP contribution < -0.4 is 10.9 Å². The number of fused-ring (bicyclic) bond motifs is 2. The molecule has 2 N–H and O–H groups in total. The second-order valence-electron chi connectivity index (χ2n) is 6.70. The molecule has 28 heavy (non-hydrogen) atoms. The van der Waals surface area contributed by atoms with Gasteiger partial charge in [-0.2, -0.15) is 0 Å². The summed E-state index contributed by atoms with van der Waals surface area (Å²) in [5.74, 6) is -0.0263. The van der Waals surface area contributed by atoms with E-state index in [2.05, 4.69) is 26.7 Å². The fraction of sp³-hybridized carbons (Fsp3) is 0.238. The van der Waals surface area contributed by atoms with Crippen LogP contribution in [0.5, 0.6) is 0 Å². The summed E-state index contributed by atoms with van der Waals surface area (Å²) in [5.41, 5.74) is 2.70. The molecule has 142 valence electrons. The number of nitrogens with one attached hydrogen (secondary N) is 2. The molecular weight excluding hydrogens is 354 g/mol. The van der Waals surface area contributed by atoms with Crippen LogP contribution in [0.1, 0.15) is 18.4 Å². The second-order valence-corrected chi connectivity index (χ2v) is 6.70. The van der Waals surface area contributed by atoms with Gasteiger partial charge in [0.25, 0.3) is 5.56 Å². The summed E-state index contributed by atoms with van der Waals surface area (Å²) in [6.07, 6.45) is 3.63. The molecule has 7 nitrogen and oxygen atoms in total. The molecule has 0 radical (unpaired) electrons. The molecule has 2 heterocycles. The van der Waals surface area contributed by atoms with E-state index in [1.807, 2.05) is 30.5 Å². The summed E-state index contributed by atoms with van der Waals surface area (Å²) in [6.45, 7) is 0.947. The summed E-state index contributed by atoms with van der Waals surface area (Å²) < 4.78 is 1.32. The molecule has 0 atom stereocenters. The third kappa shape index (κ3) is 3.78. The van der Waals surface area contributed by atoms with Gasteiger partial charge in [0.05, 0.1) is 5.39 Å². The second kappa shape index (κ2) is 8.04. The average Bonchev–Trinajstić information content (AvgIpc) is 3.13. The smallest absolute Gasteiger partial charge is 0.277 e. The molecule has 7 heteroatoms. The van der Waals surface area contributed by atoms with Crippen LogP contribution in [0.4, 0.5) is 0 Å². The Morgan fingerprint density at radius 3 is 2.75 bits per heavy atom. The van der Waals surface area contributed by atoms with Crippen molar-refractivity contribution in [1.29, 1.82) is 0 Å². The summed E-state index contributed by atoms with van der Waals surface area (Å²) >= 11 is 0. The Hall–Kier alpha value is -3.48. The van der Waals surface area contributed by atoms with Crippen LogP contribution in [0, 0.1) is 0 Å². The van der Waals surface area contributed by atoms with Gasteiger partial charge in [-0.25, -0.2) is 4.68 Å². The Bertz CT molecular complexity index is 1180. The first-order valence-electron chi connectivity index (χ1n) is 9.36. The molecule has 2 aromatic carbocycles. The first-order valence-corrected chi connectivity index (χ1v) is 9.36. The van der Waals surface area contributed by atoms with Crippen molar-refractivity contribution in [3.05, 3.63) is 70.6 Å². The van der Waals surface area contributed by atoms with E-state index in [9.17, 15) is 9.59 Å². The van der Waals surface area contributed by atoms with Crippen molar-refractivity contribution in [2.24, 2.45) is 0 Å². The number of carbonyl (C=O) groups excluding carboxylic acids is 1. The highest BCUT2D eigenvalue weighted by Crippen LogP contribution is 2.17. The number of aromatic nitrogens is 4. The molecule has 4 rings (SSSR count). The van der Waals surface area contributed by atoms with Gasteiger partial charge in [0.15, 0.2) is 0 Å². The standard InChI is InChI=1S/C21H21N5O2/c27-20(22-12-11-15-14-23-18-8-3-1-6-16(15)18)10-5-13-26-21(28)17-7-2-4-9-19(17)24-25-26/h1-4,6-9,14,23H,5,10-13H2,(H,22,27). The number of carbonyl (C=O) groups is 1. The number of aryl methyl sites for hydroxylation is 1. The highest BCUT2D eigenvalue weighted by molar-refractivity contribution is 5.83. The summed E-state index contributed by atoms with van der Waals surface area (Å²) in [4.78, 5) is 27.7. The Morgan fingerprint density at radius 2 is 1.86 bits per heavy atom. The minimum Gasteiger partial charge on any atom is -0.361 e. The van der Waals surface area contributed by atoms with Crippen molar-refractivity contribution in [3.8, 4) is 0 Å². The van der Waals surface area contributed by atoms with E-state index in [4.69, 9.17) is 0 Å². The maximum atomic E-state index is 12.4. The Kier molecular flexibility index (Phi) is 5.14. The lowest BCUT2D eigenvalue weighted by Crippen LogP contribution is -2.27. The molecule has 0 spiro atoms. The lowest BCUT2D eigenvalue weighted by molar-refractivity contribution is -0.121. The van der Waals surface area contributed by atoms with Crippen LogP contribution in [-0.2, 0) is 17.8 Å². The fourth-order valence-corrected chi connectivity index (χ4v) is 3.32. The Labute approximate surface area is 161 Å². The maximum Gasteiger partial charge on any atom is 0.277 e. The van der Waals surface area contributed by atoms with Crippen LogP contribution in [0.2, 0.25) is 0 Å². The summed E-state index contributed by atoms with van der Waals surface area (Å²) in [5, 5.41) is 12.7. The predicted octanol–water partition coefficient (Wildman–Crippen LogP) is 2.41. The number of aromatic amines is 1. The van der Waals surface area contributed by atoms with Crippen molar-refractivity contribution < 1.29 is 4.79 Å². The average molecular weight is 375 g/mol. The molecule has 0 unspecified atom stereocenters. The first-order chi connectivity index (χ1) is 13.7. The molecule has 0 aliphatic rings. The zero-order chi connectivity index (χ0) is 19.3. The fourth-order valence-electron chi connectivity index (χ4n) is 3.32. The van der Waals surface area contributed by atoms with Gasteiger partial charge in [-0.1, -0.05) is 35.5 Å². The van der Waals surface area contributed by atoms with Gasteiger partial charge in [-0.15, -0.1) is 5.10 Å². The number of H-pyrrole nitrogens is 1. The van der Waals surface area contributed by atoms with Crippen molar-refractivity contribution in [1.82, 2.24) is 25.3 Å². The zero-order valence-corrected chi connectivity index (χ0v) is 15.4. The molecular formula is C21H21N5O2. The van der Waals surface area contributed by atoms with Gasteiger partial charge in [0, 0.05) is 36.6 Å². The van der Waals surface area contributed by atoms with Gasteiger partial charge in [-0.05, 0) is 36.6 Å². The lowest BCUT2D eigenvalue weighted by atomic mass is 10.1. The van der Waals surface area contributed by atoms with E-state index >= 15 is 0 Å². The number of rotatable bonds is 7. The highest BCUT2D eigenvalue weighted by atomic mass is 16.1. The van der Waals surface area contributed by atoms with Crippen LogP contribution >= 0.6 is 0 Å². The van der Waals surface area contributed by atoms with Crippen LogP contribution in [0.3, 0.4) is 0 Å². The molecule has 0 aliphatic carbocycles. The number of amides is 1. The van der Waals surface area contributed by atoms with Crippen molar-refractivity contribution in [3.63, 3.8) is 0 Å². The van der Waals surface area contributed by atoms with Crippen molar-refractivity contribution in [2.45, 2.75) is 25.8 Å². The molecule has 0 saturated carbocycles. The Morgan fingerprint density at radius 1 is 1.07 bits per heavy atom. The minimum absolute atomic E-state index is 0.0263. The van der Waals surface area contributed by atoms with Gasteiger partial charge in [0.2, 0.25) is 5.91 Å². The molecule has 1 amide bonds. The quantitative estimate of drug-likeness (QED) is 0.519. The Balaban J connectivity index is 1.26. The lowest BCUT2D eigenvalue weighted by Gasteiger charge is -2.06.